The van der Waals surface area contributed by atoms with E-state index in [0.717, 1.165) is 6.42 Å². The fraction of sp³-hybridized carbons (Fsp3) is 0.333. The summed E-state index contributed by atoms with van der Waals surface area (Å²) in [5.74, 6) is 0. The van der Waals surface area contributed by atoms with Crippen LogP contribution in [0.2, 0.25) is 0 Å². The van der Waals surface area contributed by atoms with Gasteiger partial charge >= 0.3 is 0 Å². The van der Waals surface area contributed by atoms with E-state index in [9.17, 15) is 8.42 Å². The highest BCUT2D eigenvalue weighted by Gasteiger charge is 2.21. The summed E-state index contributed by atoms with van der Waals surface area (Å²) in [7, 11) is -3.80. The lowest BCUT2D eigenvalue weighted by molar-refractivity contribution is 0.587. The molecule has 0 unspecified atom stereocenters. The van der Waals surface area contributed by atoms with Crippen molar-refractivity contribution in [3.63, 3.8) is 0 Å². The average molecular weight is 240 g/mol. The summed E-state index contributed by atoms with van der Waals surface area (Å²) in [6.07, 6.45) is 2.86. The fourth-order valence-electron chi connectivity index (χ4n) is 1.60. The number of rotatable bonds is 3. The van der Waals surface area contributed by atoms with Gasteiger partial charge in [0.2, 0.25) is 0 Å². The third-order valence-corrected chi connectivity index (χ3v) is 3.12. The number of fused-ring (bicyclic) bond motifs is 1. The molecule has 0 aliphatic carbocycles. The number of nitrogens with two attached hydrogens (primary N) is 1. The molecule has 2 N–H and O–H groups in total. The third-order valence-electron chi connectivity index (χ3n) is 2.18. The zero-order valence-electron chi connectivity index (χ0n) is 8.79. The monoisotopic (exact) mass is 240 g/mol. The smallest absolute Gasteiger partial charge is 0.231 e. The van der Waals surface area contributed by atoms with Crippen LogP contribution in [0.15, 0.2) is 23.4 Å². The highest BCUT2D eigenvalue weighted by Crippen LogP contribution is 2.16. The Bertz CT molecular complexity index is 617. The Morgan fingerprint density at radius 2 is 2.25 bits per heavy atom. The largest absolute Gasteiger partial charge is 0.257 e. The first kappa shape index (κ1) is 11.0. The molecule has 0 aliphatic rings. The molecule has 2 heterocycles. The van der Waals surface area contributed by atoms with Crippen LogP contribution in [0.1, 0.15) is 19.0 Å². The topological polar surface area (TPSA) is 90.3 Å². The van der Waals surface area contributed by atoms with Crippen LogP contribution in [0, 0.1) is 0 Å². The van der Waals surface area contributed by atoms with Gasteiger partial charge in [-0.25, -0.2) is 23.1 Å². The van der Waals surface area contributed by atoms with E-state index in [0.29, 0.717) is 17.8 Å². The van der Waals surface area contributed by atoms with Gasteiger partial charge in [0.25, 0.3) is 10.0 Å². The molecule has 2 aromatic rings. The maximum absolute atomic E-state index is 11.5. The maximum atomic E-state index is 11.5. The molecule has 16 heavy (non-hydrogen) atoms. The Kier molecular flexibility index (Phi) is 2.64. The number of primary sulfonamides is 1. The van der Waals surface area contributed by atoms with E-state index in [2.05, 4.69) is 10.1 Å². The second kappa shape index (κ2) is 3.84. The zero-order chi connectivity index (χ0) is 11.8. The van der Waals surface area contributed by atoms with Crippen molar-refractivity contribution in [3.8, 4) is 0 Å². The van der Waals surface area contributed by atoms with Gasteiger partial charge in [-0.3, -0.25) is 0 Å². The summed E-state index contributed by atoms with van der Waals surface area (Å²) >= 11 is 0. The summed E-state index contributed by atoms with van der Waals surface area (Å²) in [4.78, 5) is 4.21. The van der Waals surface area contributed by atoms with Crippen molar-refractivity contribution < 1.29 is 8.42 Å². The summed E-state index contributed by atoms with van der Waals surface area (Å²) in [5, 5.41) is 9.11. The van der Waals surface area contributed by atoms with Gasteiger partial charge in [0.1, 0.15) is 0 Å². The molecule has 0 saturated heterocycles. The molecule has 0 fully saturated rings. The Morgan fingerprint density at radius 3 is 2.88 bits per heavy atom. The van der Waals surface area contributed by atoms with Gasteiger partial charge < -0.3 is 0 Å². The van der Waals surface area contributed by atoms with Crippen LogP contribution in [0.25, 0.3) is 5.65 Å². The van der Waals surface area contributed by atoms with Gasteiger partial charge in [0, 0.05) is 6.20 Å². The molecule has 86 valence electrons. The third kappa shape index (κ3) is 1.79. The van der Waals surface area contributed by atoms with Crippen molar-refractivity contribution in [2.45, 2.75) is 24.8 Å². The van der Waals surface area contributed by atoms with E-state index in [1.807, 2.05) is 6.92 Å². The van der Waals surface area contributed by atoms with Crippen LogP contribution in [0.3, 0.4) is 0 Å². The molecule has 0 spiro atoms. The van der Waals surface area contributed by atoms with Crippen molar-refractivity contribution in [2.24, 2.45) is 5.14 Å². The number of hydrogen-bond acceptors (Lipinski definition) is 4. The molecule has 0 aliphatic heterocycles. The van der Waals surface area contributed by atoms with E-state index in [1.165, 1.54) is 10.7 Å². The molecule has 7 heteroatoms. The lowest BCUT2D eigenvalue weighted by atomic mass is 10.3. The van der Waals surface area contributed by atoms with Gasteiger partial charge in [-0.1, -0.05) is 13.3 Å². The van der Waals surface area contributed by atoms with Gasteiger partial charge in [-0.15, -0.1) is 0 Å². The quantitative estimate of drug-likeness (QED) is 0.837. The van der Waals surface area contributed by atoms with Crippen LogP contribution in [-0.2, 0) is 16.4 Å². The maximum Gasteiger partial charge on any atom is 0.257 e. The summed E-state index contributed by atoms with van der Waals surface area (Å²) in [6, 6.07) is 3.39. The number of sulfonamides is 1. The number of aromatic nitrogens is 3. The fourth-order valence-corrected chi connectivity index (χ4v) is 2.46. The van der Waals surface area contributed by atoms with E-state index >= 15 is 0 Å². The minimum Gasteiger partial charge on any atom is -0.231 e. The number of imidazole rings is 1. The van der Waals surface area contributed by atoms with Crippen LogP contribution in [-0.4, -0.2) is 23.0 Å². The zero-order valence-corrected chi connectivity index (χ0v) is 9.61. The van der Waals surface area contributed by atoms with Gasteiger partial charge in [-0.2, -0.15) is 5.10 Å². The molecule has 0 bridgehead atoms. The predicted molar refractivity (Wildman–Crippen MR) is 58.4 cm³/mol. The van der Waals surface area contributed by atoms with Crippen molar-refractivity contribution in [2.75, 3.05) is 0 Å². The summed E-state index contributed by atoms with van der Waals surface area (Å²) in [5.41, 5.74) is 0.971. The molecule has 0 atom stereocenters. The van der Waals surface area contributed by atoms with Gasteiger partial charge in [0.15, 0.2) is 10.7 Å². The van der Waals surface area contributed by atoms with Crippen LogP contribution >= 0.6 is 0 Å². The SMILES string of the molecule is CCCc1nc2cccnn2c1S(N)(=O)=O. The number of nitrogens with zero attached hydrogens (tertiary/aromatic N) is 3. The predicted octanol–water partition coefficient (Wildman–Crippen LogP) is 0.329. The van der Waals surface area contributed by atoms with E-state index < -0.39 is 10.0 Å². The molecular formula is C9H12N4O2S. The molecule has 6 nitrogen and oxygen atoms in total. The normalized spacial score (nSPS) is 12.1. The lowest BCUT2D eigenvalue weighted by Crippen LogP contribution is -2.17. The molecule has 0 radical (unpaired) electrons. The number of aryl methyl sites for hydroxylation is 1. The minimum atomic E-state index is -3.80. The van der Waals surface area contributed by atoms with E-state index in [-0.39, 0.29) is 5.03 Å². The molecule has 2 aromatic heterocycles. The molecule has 2 rings (SSSR count). The highest BCUT2D eigenvalue weighted by molar-refractivity contribution is 7.89. The highest BCUT2D eigenvalue weighted by atomic mass is 32.2. The first-order valence-electron chi connectivity index (χ1n) is 4.89. The van der Waals surface area contributed by atoms with Crippen molar-refractivity contribution in [1.82, 2.24) is 14.6 Å². The van der Waals surface area contributed by atoms with E-state index in [4.69, 9.17) is 5.14 Å². The van der Waals surface area contributed by atoms with Crippen molar-refractivity contribution in [3.05, 3.63) is 24.0 Å². The Balaban J connectivity index is 2.80. The second-order valence-electron chi connectivity index (χ2n) is 3.45. The standard InChI is InChI=1S/C9H12N4O2S/c1-2-4-7-9(16(10,14)15)13-8(12-7)5-3-6-11-13/h3,5-6H,2,4H2,1H3,(H2,10,14,15). The van der Waals surface area contributed by atoms with Crippen LogP contribution < -0.4 is 5.14 Å². The van der Waals surface area contributed by atoms with E-state index in [1.54, 1.807) is 12.1 Å². The van der Waals surface area contributed by atoms with Gasteiger partial charge in [0.05, 0.1) is 5.69 Å². The van der Waals surface area contributed by atoms with Gasteiger partial charge in [-0.05, 0) is 18.6 Å². The first-order chi connectivity index (χ1) is 7.54. The minimum absolute atomic E-state index is 0.00931. The Labute approximate surface area is 93.2 Å². The van der Waals surface area contributed by atoms with Crippen LogP contribution in [0.4, 0.5) is 0 Å². The summed E-state index contributed by atoms with van der Waals surface area (Å²) in [6.45, 7) is 1.95. The van der Waals surface area contributed by atoms with Crippen molar-refractivity contribution >= 4 is 15.7 Å². The molecular weight excluding hydrogens is 228 g/mol. The Hall–Kier alpha value is -1.47. The molecule has 0 aromatic carbocycles. The Morgan fingerprint density at radius 1 is 1.50 bits per heavy atom. The molecule has 0 saturated carbocycles. The second-order valence-corrected chi connectivity index (χ2v) is 4.93. The lowest BCUT2D eigenvalue weighted by Gasteiger charge is -1.99. The van der Waals surface area contributed by atoms with Crippen LogP contribution in [0.5, 0.6) is 0 Å². The first-order valence-corrected chi connectivity index (χ1v) is 6.44. The summed E-state index contributed by atoms with van der Waals surface area (Å²) < 4.78 is 24.2. The average Bonchev–Trinajstić information content (AvgIpc) is 2.55. The molecule has 0 amide bonds. The number of hydrogen-bond donors (Lipinski definition) is 1. The van der Waals surface area contributed by atoms with Crippen molar-refractivity contribution in [1.29, 1.82) is 0 Å².